The molecular weight excluding hydrogens is 936 g/mol. The zero-order valence-electron chi connectivity index (χ0n) is 26.6. The Balaban J connectivity index is 6.23. The molecule has 0 aromatic rings. The van der Waals surface area contributed by atoms with Crippen molar-refractivity contribution in [3.8, 4) is 0 Å². The number of alkyl halides is 30. The first-order chi connectivity index (χ1) is 25.4. The van der Waals surface area contributed by atoms with Crippen LogP contribution in [0.5, 0.6) is 0 Å². The standard InChI is InChI=1S/C23H13F30N3O3/c1-2-8(58)56(4-3-55-9(59)11(26,27)13(30,31)15(34,35)17(38,39)19(42,43)21(46,47)23(51,52)53)6-54-5-7(57)10(24,25)12(28,29)14(32,33)16(36,37)18(40,41)20(44,45)22(48,49)50/h2,54H,1,3-6H2,(H,55,59). The van der Waals surface area contributed by atoms with Gasteiger partial charge in [-0.15, -0.1) is 0 Å². The van der Waals surface area contributed by atoms with Gasteiger partial charge in [-0.1, -0.05) is 6.58 Å². The minimum Gasteiger partial charge on any atom is -0.349 e. The molecule has 0 spiro atoms. The summed E-state index contributed by atoms with van der Waals surface area (Å²) in [7, 11) is 0. The number of ketones is 1. The molecule has 0 bridgehead atoms. The largest absolute Gasteiger partial charge is 0.460 e. The number of nitrogens with one attached hydrogen (secondary N) is 2. The van der Waals surface area contributed by atoms with E-state index in [2.05, 4.69) is 6.58 Å². The minimum atomic E-state index is -8.83. The normalized spacial score (nSPS) is 15.6. The van der Waals surface area contributed by atoms with E-state index in [1.165, 1.54) is 0 Å². The van der Waals surface area contributed by atoms with Crippen molar-refractivity contribution in [2.45, 2.75) is 83.4 Å². The summed E-state index contributed by atoms with van der Waals surface area (Å²) >= 11 is 0. The fourth-order valence-corrected chi connectivity index (χ4v) is 3.48. The molecule has 36 heteroatoms. The van der Waals surface area contributed by atoms with Crippen LogP contribution in [0.15, 0.2) is 12.7 Å². The molecule has 2 N–H and O–H groups in total. The average Bonchev–Trinajstić information content (AvgIpc) is 3.04. The van der Waals surface area contributed by atoms with Crippen molar-refractivity contribution >= 4 is 17.6 Å². The van der Waals surface area contributed by atoms with Gasteiger partial charge < -0.3 is 10.2 Å². The van der Waals surface area contributed by atoms with Gasteiger partial charge in [0.25, 0.3) is 5.91 Å². The summed E-state index contributed by atoms with van der Waals surface area (Å²) in [5, 5.41) is 1.30. The molecule has 0 aromatic heterocycles. The second-order valence-corrected chi connectivity index (χ2v) is 11.0. The second-order valence-electron chi connectivity index (χ2n) is 11.0. The molecule has 0 atom stereocenters. The Morgan fingerprint density at radius 1 is 0.441 bits per heavy atom. The molecule has 0 unspecified atom stereocenters. The van der Waals surface area contributed by atoms with Crippen LogP contribution in [-0.4, -0.2) is 132 Å². The Kier molecular flexibility index (Phi) is 14.6. The summed E-state index contributed by atoms with van der Waals surface area (Å²) in [5.41, 5.74) is 0. The highest BCUT2D eigenvalue weighted by Gasteiger charge is 2.95. The molecule has 0 aliphatic rings. The summed E-state index contributed by atoms with van der Waals surface area (Å²) < 4.78 is 399. The zero-order valence-corrected chi connectivity index (χ0v) is 26.6. The van der Waals surface area contributed by atoms with Crippen molar-refractivity contribution in [3.63, 3.8) is 0 Å². The van der Waals surface area contributed by atoms with E-state index in [0.717, 1.165) is 5.32 Å². The number of hydrogen-bond donors (Lipinski definition) is 2. The van der Waals surface area contributed by atoms with E-state index >= 15 is 0 Å². The Morgan fingerprint density at radius 3 is 1.03 bits per heavy atom. The average molecular weight is 949 g/mol. The Bertz CT molecular complexity index is 1460. The first-order valence-corrected chi connectivity index (χ1v) is 13.5. The van der Waals surface area contributed by atoms with Gasteiger partial charge in [-0.05, 0) is 6.08 Å². The number of amides is 2. The molecule has 348 valence electrons. The van der Waals surface area contributed by atoms with Crippen LogP contribution >= 0.6 is 0 Å². The first kappa shape index (κ1) is 55.2. The quantitative estimate of drug-likeness (QED) is 0.0738. The number of nitrogens with zero attached hydrogens (tertiary/aromatic N) is 1. The van der Waals surface area contributed by atoms with Gasteiger partial charge in [-0.2, -0.15) is 132 Å². The van der Waals surface area contributed by atoms with Gasteiger partial charge in [0, 0.05) is 13.1 Å². The fourth-order valence-electron chi connectivity index (χ4n) is 3.48. The van der Waals surface area contributed by atoms with Crippen LogP contribution in [0.2, 0.25) is 0 Å². The first-order valence-electron chi connectivity index (χ1n) is 13.5. The number of carbonyl (C=O) groups is 3. The van der Waals surface area contributed by atoms with Crippen LogP contribution in [-0.2, 0) is 14.4 Å². The lowest BCUT2D eigenvalue weighted by Crippen LogP contribution is -2.74. The van der Waals surface area contributed by atoms with Crippen molar-refractivity contribution in [1.82, 2.24) is 15.5 Å². The highest BCUT2D eigenvalue weighted by Crippen LogP contribution is 2.64. The zero-order chi connectivity index (χ0) is 48.3. The van der Waals surface area contributed by atoms with E-state index in [4.69, 9.17) is 0 Å². The van der Waals surface area contributed by atoms with Crippen LogP contribution in [0, 0.1) is 0 Å². The summed E-state index contributed by atoms with van der Waals surface area (Å²) in [4.78, 5) is 34.5. The van der Waals surface area contributed by atoms with Crippen LogP contribution in [0.3, 0.4) is 0 Å². The molecule has 0 aliphatic heterocycles. The van der Waals surface area contributed by atoms with Gasteiger partial charge in [-0.25, -0.2) is 0 Å². The molecule has 0 rings (SSSR count). The molecule has 2 amide bonds. The number of halogens is 30. The second kappa shape index (κ2) is 15.6. The van der Waals surface area contributed by atoms with Crippen LogP contribution in [0.25, 0.3) is 0 Å². The summed E-state index contributed by atoms with van der Waals surface area (Å²) in [6.07, 6.45) is -16.0. The summed E-state index contributed by atoms with van der Waals surface area (Å²) in [5.74, 6) is -111. The van der Waals surface area contributed by atoms with Crippen LogP contribution in [0.4, 0.5) is 132 Å². The van der Waals surface area contributed by atoms with Gasteiger partial charge in [0.2, 0.25) is 11.7 Å². The predicted octanol–water partition coefficient (Wildman–Crippen LogP) is 7.98. The molecule has 0 fully saturated rings. The van der Waals surface area contributed by atoms with Crippen molar-refractivity contribution in [1.29, 1.82) is 0 Å². The minimum absolute atomic E-state index is 0.0318. The van der Waals surface area contributed by atoms with Crippen molar-refractivity contribution < 1.29 is 146 Å². The van der Waals surface area contributed by atoms with Crippen molar-refractivity contribution in [3.05, 3.63) is 12.7 Å². The monoisotopic (exact) mass is 949 g/mol. The summed E-state index contributed by atoms with van der Waals surface area (Å²) in [6, 6.07) is 0. The maximum absolute atomic E-state index is 14.0. The number of hydrogen-bond acceptors (Lipinski definition) is 4. The van der Waals surface area contributed by atoms with Gasteiger partial charge in [-0.3, -0.25) is 19.7 Å². The van der Waals surface area contributed by atoms with E-state index in [9.17, 15) is 146 Å². The molecule has 0 radical (unpaired) electrons. The number of Topliss-reactive ketones (excluding diaryl/α,β-unsaturated/α-hetero) is 1. The predicted molar refractivity (Wildman–Crippen MR) is 124 cm³/mol. The smallest absolute Gasteiger partial charge is 0.349 e. The lowest BCUT2D eigenvalue weighted by Gasteiger charge is -2.41. The molecule has 59 heavy (non-hydrogen) atoms. The molecule has 0 aromatic carbocycles. The maximum Gasteiger partial charge on any atom is 0.460 e. The van der Waals surface area contributed by atoms with Crippen LogP contribution in [0.1, 0.15) is 0 Å². The van der Waals surface area contributed by atoms with Crippen LogP contribution < -0.4 is 10.6 Å². The molecule has 0 heterocycles. The SMILES string of the molecule is C=CC(=O)N(CCNC(=O)C(F)(F)C(F)(F)C(F)(F)C(F)(F)C(F)(F)C(F)(F)C(F)(F)F)CNCC(=O)C(F)(F)C(F)(F)C(F)(F)C(F)(F)C(F)(F)C(F)(F)C(F)(F)F. The Hall–Kier alpha value is -3.79. The van der Waals surface area contributed by atoms with E-state index < -0.39 is 127 Å². The topological polar surface area (TPSA) is 78.5 Å². The third kappa shape index (κ3) is 8.20. The summed E-state index contributed by atoms with van der Waals surface area (Å²) in [6.45, 7) is -5.86. The van der Waals surface area contributed by atoms with Crippen molar-refractivity contribution in [2.75, 3.05) is 26.3 Å². The molecule has 0 saturated carbocycles. The molecular formula is C23H13F30N3O3. The highest BCUT2D eigenvalue weighted by atomic mass is 19.4. The molecule has 0 aliphatic carbocycles. The van der Waals surface area contributed by atoms with E-state index in [1.54, 1.807) is 0 Å². The molecule has 0 saturated heterocycles. The van der Waals surface area contributed by atoms with E-state index in [-0.39, 0.29) is 11.0 Å². The van der Waals surface area contributed by atoms with Gasteiger partial charge in [0.15, 0.2) is 0 Å². The Labute approximate surface area is 302 Å². The van der Waals surface area contributed by atoms with Gasteiger partial charge in [0.05, 0.1) is 13.2 Å². The van der Waals surface area contributed by atoms with Gasteiger partial charge in [0.1, 0.15) is 0 Å². The highest BCUT2D eigenvalue weighted by molar-refractivity contribution is 5.89. The van der Waals surface area contributed by atoms with Crippen molar-refractivity contribution in [2.24, 2.45) is 0 Å². The van der Waals surface area contributed by atoms with Gasteiger partial charge >= 0.3 is 83.4 Å². The lowest BCUT2D eigenvalue weighted by molar-refractivity contribution is -0.449. The fraction of sp³-hybridized carbons (Fsp3) is 0.783. The maximum atomic E-state index is 14.0. The lowest BCUT2D eigenvalue weighted by atomic mass is 9.90. The third-order valence-electron chi connectivity index (χ3n) is 7.03. The van der Waals surface area contributed by atoms with E-state index in [0.29, 0.717) is 5.32 Å². The Morgan fingerprint density at radius 2 is 0.729 bits per heavy atom. The number of carbonyl (C=O) groups excluding carboxylic acids is 3. The number of rotatable bonds is 20. The molecule has 6 nitrogen and oxygen atoms in total. The van der Waals surface area contributed by atoms with E-state index in [1.807, 2.05) is 0 Å². The third-order valence-corrected chi connectivity index (χ3v) is 7.03.